The minimum absolute atomic E-state index is 0.277. The second kappa shape index (κ2) is 9.18. The number of Topliss-reactive ketones (excluding diaryl/α,β-unsaturated/α-hetero) is 1. The monoisotopic (exact) mass is 431 g/mol. The minimum atomic E-state index is -0.464. The number of nitrogens with zero attached hydrogens (tertiary/aromatic N) is 1. The molecule has 6 heteroatoms. The Morgan fingerprint density at radius 2 is 1.74 bits per heavy atom. The maximum Gasteiger partial charge on any atom is 0.293 e. The van der Waals surface area contributed by atoms with Crippen molar-refractivity contribution in [2.75, 3.05) is 13.2 Å². The lowest BCUT2D eigenvalue weighted by molar-refractivity contribution is -0.122. The van der Waals surface area contributed by atoms with Crippen LogP contribution in [0, 0.1) is 0 Å². The van der Waals surface area contributed by atoms with Gasteiger partial charge >= 0.3 is 0 Å². The van der Waals surface area contributed by atoms with E-state index in [0.29, 0.717) is 17.9 Å². The summed E-state index contributed by atoms with van der Waals surface area (Å²) in [6.45, 7) is 2.29. The average molecular weight is 432 g/mol. The molecule has 0 atom stereocenters. The lowest BCUT2D eigenvalue weighted by Crippen LogP contribution is -2.33. The second-order valence-corrected chi connectivity index (χ2v) is 8.10. The van der Waals surface area contributed by atoms with Crippen LogP contribution in [0.3, 0.4) is 0 Å². The van der Waals surface area contributed by atoms with Crippen molar-refractivity contribution >= 4 is 45.5 Å². The van der Waals surface area contributed by atoms with Crippen LogP contribution in [0.1, 0.15) is 29.3 Å². The standard InChI is InChI=1S/C25H21NO4S/c1-2-14-30-22-13-12-17-8-6-7-11-19(17)20(22)15-23-24(28)26(25(29)31-23)16-21(27)18-9-4-3-5-10-18/h3-13,15H,2,14,16H2,1H3/b23-15-. The number of ketones is 1. The number of carbonyl (C=O) groups is 3. The highest BCUT2D eigenvalue weighted by Gasteiger charge is 2.36. The van der Waals surface area contributed by atoms with E-state index in [0.717, 1.165) is 39.4 Å². The van der Waals surface area contributed by atoms with Crippen molar-refractivity contribution in [1.29, 1.82) is 0 Å². The Morgan fingerprint density at radius 3 is 2.52 bits per heavy atom. The number of benzene rings is 3. The molecular weight excluding hydrogens is 410 g/mol. The molecule has 0 saturated carbocycles. The quantitative estimate of drug-likeness (QED) is 0.363. The van der Waals surface area contributed by atoms with E-state index in [4.69, 9.17) is 4.74 Å². The van der Waals surface area contributed by atoms with Crippen LogP contribution >= 0.6 is 11.8 Å². The Hall–Kier alpha value is -3.38. The lowest BCUT2D eigenvalue weighted by atomic mass is 10.0. The summed E-state index contributed by atoms with van der Waals surface area (Å²) >= 11 is 0.846. The molecule has 1 fully saturated rings. The molecule has 1 aliphatic rings. The van der Waals surface area contributed by atoms with Gasteiger partial charge in [-0.3, -0.25) is 19.3 Å². The number of rotatable bonds is 7. The predicted octanol–water partition coefficient (Wildman–Crippen LogP) is 5.55. The fourth-order valence-electron chi connectivity index (χ4n) is 3.39. The summed E-state index contributed by atoms with van der Waals surface area (Å²) in [6.07, 6.45) is 2.55. The summed E-state index contributed by atoms with van der Waals surface area (Å²) in [5.41, 5.74) is 1.22. The third-order valence-electron chi connectivity index (χ3n) is 4.94. The molecule has 156 valence electrons. The molecular formula is C25H21NO4S. The van der Waals surface area contributed by atoms with E-state index in [2.05, 4.69) is 0 Å². The zero-order valence-corrected chi connectivity index (χ0v) is 17.9. The summed E-state index contributed by atoms with van der Waals surface area (Å²) in [5.74, 6) is -0.0809. The van der Waals surface area contributed by atoms with Crippen LogP contribution in [0.25, 0.3) is 16.8 Å². The van der Waals surface area contributed by atoms with Gasteiger partial charge in [-0.15, -0.1) is 0 Å². The highest BCUT2D eigenvalue weighted by molar-refractivity contribution is 8.18. The molecule has 0 radical (unpaired) electrons. The van der Waals surface area contributed by atoms with Crippen LogP contribution in [0.4, 0.5) is 4.79 Å². The predicted molar refractivity (Wildman–Crippen MR) is 123 cm³/mol. The van der Waals surface area contributed by atoms with E-state index < -0.39 is 11.1 Å². The first-order valence-corrected chi connectivity index (χ1v) is 10.9. The van der Waals surface area contributed by atoms with Gasteiger partial charge in [0.1, 0.15) is 5.75 Å². The molecule has 0 unspecified atom stereocenters. The number of amides is 2. The number of hydrogen-bond acceptors (Lipinski definition) is 5. The molecule has 1 heterocycles. The molecule has 0 spiro atoms. The van der Waals surface area contributed by atoms with Crippen molar-refractivity contribution in [3.05, 3.63) is 82.8 Å². The first kappa shape index (κ1) is 20.9. The average Bonchev–Trinajstić information content (AvgIpc) is 3.06. The molecule has 2 amide bonds. The molecule has 0 aliphatic carbocycles. The van der Waals surface area contributed by atoms with Crippen molar-refractivity contribution in [3.8, 4) is 5.75 Å². The molecule has 4 rings (SSSR count). The van der Waals surface area contributed by atoms with Gasteiger partial charge in [0.2, 0.25) is 0 Å². The van der Waals surface area contributed by atoms with Gasteiger partial charge in [-0.25, -0.2) is 0 Å². The van der Waals surface area contributed by atoms with Gasteiger partial charge < -0.3 is 4.74 Å². The first-order chi connectivity index (χ1) is 15.1. The number of carbonyl (C=O) groups excluding carboxylic acids is 3. The lowest BCUT2D eigenvalue weighted by Gasteiger charge is -2.13. The van der Waals surface area contributed by atoms with E-state index in [1.165, 1.54) is 0 Å². The number of fused-ring (bicyclic) bond motifs is 1. The van der Waals surface area contributed by atoms with Gasteiger partial charge in [0.25, 0.3) is 11.1 Å². The molecule has 0 bridgehead atoms. The van der Waals surface area contributed by atoms with Crippen molar-refractivity contribution in [2.45, 2.75) is 13.3 Å². The topological polar surface area (TPSA) is 63.7 Å². The first-order valence-electron chi connectivity index (χ1n) is 10.1. The largest absolute Gasteiger partial charge is 0.493 e. The maximum absolute atomic E-state index is 13.0. The van der Waals surface area contributed by atoms with Crippen molar-refractivity contribution < 1.29 is 19.1 Å². The van der Waals surface area contributed by atoms with Crippen molar-refractivity contribution in [3.63, 3.8) is 0 Å². The molecule has 3 aromatic rings. The fourth-order valence-corrected chi connectivity index (χ4v) is 4.21. The Balaban J connectivity index is 1.66. The summed E-state index contributed by atoms with van der Waals surface area (Å²) in [5, 5.41) is 1.50. The molecule has 3 aromatic carbocycles. The summed E-state index contributed by atoms with van der Waals surface area (Å²) in [4.78, 5) is 39.3. The van der Waals surface area contributed by atoms with E-state index in [-0.39, 0.29) is 17.2 Å². The fraction of sp³-hybridized carbons (Fsp3) is 0.160. The van der Waals surface area contributed by atoms with Crippen LogP contribution in [0.15, 0.2) is 71.6 Å². The van der Waals surface area contributed by atoms with Crippen molar-refractivity contribution in [2.24, 2.45) is 0 Å². The Kier molecular flexibility index (Phi) is 6.18. The zero-order valence-electron chi connectivity index (χ0n) is 17.0. The number of thioether (sulfide) groups is 1. The zero-order chi connectivity index (χ0) is 21.8. The molecule has 1 saturated heterocycles. The number of hydrogen-bond donors (Lipinski definition) is 0. The SMILES string of the molecule is CCCOc1ccc2ccccc2c1/C=C1\SC(=O)N(CC(=O)c2ccccc2)C1=O. The normalized spacial score (nSPS) is 15.1. The van der Waals surface area contributed by atoms with Gasteiger partial charge in [-0.05, 0) is 41.1 Å². The van der Waals surface area contributed by atoms with E-state index in [1.807, 2.05) is 49.4 Å². The van der Waals surface area contributed by atoms with Crippen LogP contribution in [0.2, 0.25) is 0 Å². The third kappa shape index (κ3) is 4.39. The Bertz CT molecular complexity index is 1190. The molecule has 1 aliphatic heterocycles. The van der Waals surface area contributed by atoms with Gasteiger partial charge in [0, 0.05) is 11.1 Å². The molecule has 0 N–H and O–H groups in total. The van der Waals surface area contributed by atoms with Crippen LogP contribution in [0.5, 0.6) is 5.75 Å². The van der Waals surface area contributed by atoms with Crippen LogP contribution in [-0.4, -0.2) is 35.0 Å². The maximum atomic E-state index is 13.0. The van der Waals surface area contributed by atoms with E-state index >= 15 is 0 Å². The van der Waals surface area contributed by atoms with Crippen LogP contribution in [-0.2, 0) is 4.79 Å². The Labute approximate surface area is 184 Å². The second-order valence-electron chi connectivity index (χ2n) is 7.10. The summed E-state index contributed by atoms with van der Waals surface area (Å²) in [7, 11) is 0. The summed E-state index contributed by atoms with van der Waals surface area (Å²) in [6, 6.07) is 20.3. The van der Waals surface area contributed by atoms with Gasteiger partial charge in [0.15, 0.2) is 5.78 Å². The molecule has 31 heavy (non-hydrogen) atoms. The van der Waals surface area contributed by atoms with Crippen LogP contribution < -0.4 is 4.74 Å². The summed E-state index contributed by atoms with van der Waals surface area (Å²) < 4.78 is 5.90. The van der Waals surface area contributed by atoms with Gasteiger partial charge in [-0.2, -0.15) is 0 Å². The molecule has 5 nitrogen and oxygen atoms in total. The van der Waals surface area contributed by atoms with Gasteiger partial charge in [-0.1, -0.05) is 67.6 Å². The smallest absolute Gasteiger partial charge is 0.293 e. The molecule has 0 aromatic heterocycles. The number of imide groups is 1. The minimum Gasteiger partial charge on any atom is -0.493 e. The van der Waals surface area contributed by atoms with Gasteiger partial charge in [0.05, 0.1) is 18.1 Å². The Morgan fingerprint density at radius 1 is 1.00 bits per heavy atom. The highest BCUT2D eigenvalue weighted by Crippen LogP contribution is 2.37. The van der Waals surface area contributed by atoms with Crippen molar-refractivity contribution in [1.82, 2.24) is 4.90 Å². The highest BCUT2D eigenvalue weighted by atomic mass is 32.2. The number of ether oxygens (including phenoxy) is 1. The van der Waals surface area contributed by atoms with E-state index in [9.17, 15) is 14.4 Å². The third-order valence-corrected chi connectivity index (χ3v) is 5.85. The van der Waals surface area contributed by atoms with E-state index in [1.54, 1.807) is 30.3 Å².